The smallest absolute Gasteiger partial charge is 0.232 e. The van der Waals surface area contributed by atoms with E-state index in [4.69, 9.17) is 0 Å². The van der Waals surface area contributed by atoms with Gasteiger partial charge in [-0.05, 0) is 49.4 Å². The van der Waals surface area contributed by atoms with Gasteiger partial charge in [-0.15, -0.1) is 0 Å². The Morgan fingerprint density at radius 1 is 1.07 bits per heavy atom. The van der Waals surface area contributed by atoms with Crippen molar-refractivity contribution in [3.8, 4) is 0 Å². The van der Waals surface area contributed by atoms with E-state index < -0.39 is 10.0 Å². The highest BCUT2D eigenvalue weighted by Crippen LogP contribution is 2.25. The molecule has 0 fully saturated rings. The number of carbonyl (C=O) groups is 1. The maximum Gasteiger partial charge on any atom is 0.232 e. The van der Waals surface area contributed by atoms with Gasteiger partial charge >= 0.3 is 0 Å². The van der Waals surface area contributed by atoms with Crippen molar-refractivity contribution in [2.75, 3.05) is 17.1 Å². The molecule has 6 heteroatoms. The molecule has 0 saturated heterocycles. The standard InChI is InChI=1S/C22H30N2O3S/c1-5-20(19-12-7-6-8-13-19)23-22(25)15-10-16-24(28(4,26)27)21-14-9-11-17(2)18(21)3/h6-9,11-14,20H,5,10,15-16H2,1-4H3,(H,23,25)/t20-/m0/s1. The van der Waals surface area contributed by atoms with Gasteiger partial charge in [0.15, 0.2) is 0 Å². The number of hydrogen-bond donors (Lipinski definition) is 1. The lowest BCUT2D eigenvalue weighted by Gasteiger charge is -2.25. The fraction of sp³-hybridized carbons (Fsp3) is 0.409. The third kappa shape index (κ3) is 5.83. The van der Waals surface area contributed by atoms with E-state index in [1.54, 1.807) is 0 Å². The molecule has 0 unspecified atom stereocenters. The first-order valence-corrected chi connectivity index (χ1v) is 11.5. The van der Waals surface area contributed by atoms with E-state index in [1.165, 1.54) is 10.6 Å². The summed E-state index contributed by atoms with van der Waals surface area (Å²) in [5, 5.41) is 3.05. The fourth-order valence-electron chi connectivity index (χ4n) is 3.23. The van der Waals surface area contributed by atoms with E-state index in [0.29, 0.717) is 12.1 Å². The minimum atomic E-state index is -3.42. The summed E-state index contributed by atoms with van der Waals surface area (Å²) in [6.45, 7) is 6.19. The van der Waals surface area contributed by atoms with Crippen molar-refractivity contribution in [1.29, 1.82) is 0 Å². The lowest BCUT2D eigenvalue weighted by atomic mass is 10.0. The lowest BCUT2D eigenvalue weighted by molar-refractivity contribution is -0.121. The average Bonchev–Trinajstić information content (AvgIpc) is 2.66. The topological polar surface area (TPSA) is 66.5 Å². The molecule has 1 amide bonds. The second-order valence-corrected chi connectivity index (χ2v) is 9.00. The van der Waals surface area contributed by atoms with E-state index in [1.807, 2.05) is 69.3 Å². The number of hydrogen-bond acceptors (Lipinski definition) is 3. The van der Waals surface area contributed by atoms with Gasteiger partial charge in [-0.2, -0.15) is 0 Å². The van der Waals surface area contributed by atoms with Crippen LogP contribution in [0.5, 0.6) is 0 Å². The summed E-state index contributed by atoms with van der Waals surface area (Å²) in [6, 6.07) is 15.5. The molecule has 2 aromatic rings. The van der Waals surface area contributed by atoms with Gasteiger partial charge < -0.3 is 5.32 Å². The number of amides is 1. The molecule has 152 valence electrons. The number of nitrogens with one attached hydrogen (secondary N) is 1. The maximum atomic E-state index is 12.4. The summed E-state index contributed by atoms with van der Waals surface area (Å²) in [5.41, 5.74) is 3.73. The van der Waals surface area contributed by atoms with E-state index in [-0.39, 0.29) is 24.9 Å². The van der Waals surface area contributed by atoms with Crippen LogP contribution in [0.4, 0.5) is 5.69 Å². The number of rotatable bonds is 9. The minimum Gasteiger partial charge on any atom is -0.349 e. The summed E-state index contributed by atoms with van der Waals surface area (Å²) in [7, 11) is -3.42. The largest absolute Gasteiger partial charge is 0.349 e. The number of nitrogens with zero attached hydrogens (tertiary/aromatic N) is 1. The Morgan fingerprint density at radius 3 is 2.36 bits per heavy atom. The van der Waals surface area contributed by atoms with Crippen molar-refractivity contribution >= 4 is 21.6 Å². The van der Waals surface area contributed by atoms with Crippen molar-refractivity contribution in [3.05, 3.63) is 65.2 Å². The number of carbonyl (C=O) groups excluding carboxylic acids is 1. The Hall–Kier alpha value is -2.34. The highest BCUT2D eigenvalue weighted by molar-refractivity contribution is 7.92. The average molecular weight is 403 g/mol. The Kier molecular flexibility index (Phi) is 7.63. The predicted octanol–water partition coefficient (Wildman–Crippen LogP) is 4.12. The number of anilines is 1. The zero-order chi connectivity index (χ0) is 20.7. The molecule has 2 rings (SSSR count). The van der Waals surface area contributed by atoms with Gasteiger partial charge in [0.1, 0.15) is 0 Å². The van der Waals surface area contributed by atoms with E-state index in [9.17, 15) is 13.2 Å². The Labute approximate surface area is 168 Å². The molecular formula is C22H30N2O3S. The monoisotopic (exact) mass is 402 g/mol. The highest BCUT2D eigenvalue weighted by atomic mass is 32.2. The molecule has 2 aromatic carbocycles. The summed E-state index contributed by atoms with van der Waals surface area (Å²) in [6.07, 6.45) is 2.74. The van der Waals surface area contributed by atoms with Gasteiger partial charge in [-0.3, -0.25) is 9.10 Å². The Balaban J connectivity index is 2.00. The van der Waals surface area contributed by atoms with Gasteiger partial charge in [0.2, 0.25) is 15.9 Å². The van der Waals surface area contributed by atoms with Crippen LogP contribution in [0.2, 0.25) is 0 Å². The van der Waals surface area contributed by atoms with Crippen LogP contribution in [0.25, 0.3) is 0 Å². The van der Waals surface area contributed by atoms with E-state index in [2.05, 4.69) is 5.32 Å². The first kappa shape index (κ1) is 22.0. The zero-order valence-corrected chi connectivity index (χ0v) is 17.9. The first-order valence-electron chi connectivity index (χ1n) is 9.62. The molecular weight excluding hydrogens is 372 g/mol. The molecule has 0 spiro atoms. The summed E-state index contributed by atoms with van der Waals surface area (Å²) in [5.74, 6) is -0.0647. The van der Waals surface area contributed by atoms with Gasteiger partial charge in [-0.1, -0.05) is 49.4 Å². The third-order valence-electron chi connectivity index (χ3n) is 4.96. The Morgan fingerprint density at radius 2 is 1.75 bits per heavy atom. The molecule has 0 bridgehead atoms. The summed E-state index contributed by atoms with van der Waals surface area (Å²) < 4.78 is 26.0. The maximum absolute atomic E-state index is 12.4. The van der Waals surface area contributed by atoms with Crippen molar-refractivity contribution in [3.63, 3.8) is 0 Å². The number of aryl methyl sites for hydroxylation is 1. The van der Waals surface area contributed by atoms with E-state index in [0.717, 1.165) is 23.1 Å². The number of sulfonamides is 1. The van der Waals surface area contributed by atoms with Crippen LogP contribution in [-0.4, -0.2) is 27.1 Å². The Bertz CT molecular complexity index is 895. The van der Waals surface area contributed by atoms with Crippen LogP contribution < -0.4 is 9.62 Å². The molecule has 1 atom stereocenters. The normalized spacial score (nSPS) is 12.4. The SMILES string of the molecule is CC[C@H](NC(=O)CCCN(c1cccc(C)c1C)S(C)(=O)=O)c1ccccc1. The minimum absolute atomic E-state index is 0.0290. The quantitative estimate of drug-likeness (QED) is 0.686. The second kappa shape index (κ2) is 9.73. The zero-order valence-electron chi connectivity index (χ0n) is 17.1. The first-order chi connectivity index (χ1) is 13.2. The molecule has 5 nitrogen and oxygen atoms in total. The summed E-state index contributed by atoms with van der Waals surface area (Å²) >= 11 is 0. The fourth-order valence-corrected chi connectivity index (χ4v) is 4.24. The summed E-state index contributed by atoms with van der Waals surface area (Å²) in [4.78, 5) is 12.4. The van der Waals surface area contributed by atoms with Gasteiger partial charge in [0.25, 0.3) is 0 Å². The molecule has 0 aliphatic rings. The van der Waals surface area contributed by atoms with Gasteiger partial charge in [0.05, 0.1) is 18.0 Å². The molecule has 0 aromatic heterocycles. The highest BCUT2D eigenvalue weighted by Gasteiger charge is 2.20. The molecule has 0 aliphatic heterocycles. The van der Waals surface area contributed by atoms with Crippen LogP contribution in [0.15, 0.2) is 48.5 Å². The second-order valence-electron chi connectivity index (χ2n) is 7.10. The molecule has 0 aliphatic carbocycles. The van der Waals surface area contributed by atoms with Crippen LogP contribution in [0.1, 0.15) is 48.9 Å². The molecule has 0 saturated carbocycles. The van der Waals surface area contributed by atoms with Crippen molar-refractivity contribution < 1.29 is 13.2 Å². The van der Waals surface area contributed by atoms with Crippen LogP contribution in [-0.2, 0) is 14.8 Å². The molecule has 1 N–H and O–H groups in total. The van der Waals surface area contributed by atoms with Crippen molar-refractivity contribution in [2.45, 2.75) is 46.1 Å². The lowest BCUT2D eigenvalue weighted by Crippen LogP contribution is -2.33. The van der Waals surface area contributed by atoms with E-state index >= 15 is 0 Å². The van der Waals surface area contributed by atoms with Gasteiger partial charge in [0, 0.05) is 13.0 Å². The van der Waals surface area contributed by atoms with Crippen LogP contribution in [0, 0.1) is 13.8 Å². The molecule has 0 heterocycles. The van der Waals surface area contributed by atoms with Crippen molar-refractivity contribution in [2.24, 2.45) is 0 Å². The third-order valence-corrected chi connectivity index (χ3v) is 6.14. The number of benzene rings is 2. The van der Waals surface area contributed by atoms with Gasteiger partial charge in [-0.25, -0.2) is 8.42 Å². The van der Waals surface area contributed by atoms with Crippen LogP contribution in [0.3, 0.4) is 0 Å². The molecule has 28 heavy (non-hydrogen) atoms. The molecule has 0 radical (unpaired) electrons. The van der Waals surface area contributed by atoms with Crippen molar-refractivity contribution in [1.82, 2.24) is 5.32 Å². The van der Waals surface area contributed by atoms with Crippen LogP contribution >= 0.6 is 0 Å². The predicted molar refractivity (Wildman–Crippen MR) is 115 cm³/mol.